The van der Waals surface area contributed by atoms with Crippen LogP contribution in [0.5, 0.6) is 0 Å². The predicted molar refractivity (Wildman–Crippen MR) is 77.0 cm³/mol. The van der Waals surface area contributed by atoms with Crippen LogP contribution in [0.2, 0.25) is 0 Å². The summed E-state index contributed by atoms with van der Waals surface area (Å²) in [7, 11) is 3.06. The zero-order chi connectivity index (χ0) is 16.2. The van der Waals surface area contributed by atoms with E-state index in [2.05, 4.69) is 5.32 Å². The Balaban J connectivity index is 2.12. The molecule has 0 aromatic heterocycles. The number of rotatable bonds is 5. The van der Waals surface area contributed by atoms with Gasteiger partial charge >= 0.3 is 0 Å². The van der Waals surface area contributed by atoms with Crippen LogP contribution in [-0.2, 0) is 23.9 Å². The SMILES string of the molecule is CNC(=O)C1(COC)CCCN1C(=O)CN1CCOCC1=O. The Kier molecular flexibility index (Phi) is 5.36. The van der Waals surface area contributed by atoms with E-state index < -0.39 is 5.54 Å². The van der Waals surface area contributed by atoms with E-state index in [-0.39, 0.29) is 37.5 Å². The van der Waals surface area contributed by atoms with Crippen LogP contribution in [0.25, 0.3) is 0 Å². The van der Waals surface area contributed by atoms with Gasteiger partial charge < -0.3 is 24.6 Å². The van der Waals surface area contributed by atoms with Crippen molar-refractivity contribution in [3.8, 4) is 0 Å². The number of nitrogens with one attached hydrogen (secondary N) is 1. The van der Waals surface area contributed by atoms with Gasteiger partial charge in [-0.15, -0.1) is 0 Å². The van der Waals surface area contributed by atoms with E-state index in [1.165, 1.54) is 12.0 Å². The van der Waals surface area contributed by atoms with Crippen molar-refractivity contribution in [2.45, 2.75) is 18.4 Å². The zero-order valence-corrected chi connectivity index (χ0v) is 13.1. The fourth-order valence-corrected chi connectivity index (χ4v) is 3.13. The fraction of sp³-hybridized carbons (Fsp3) is 0.786. The number of likely N-dealkylation sites (tertiary alicyclic amines) is 1. The first-order valence-electron chi connectivity index (χ1n) is 7.42. The van der Waals surface area contributed by atoms with E-state index in [9.17, 15) is 14.4 Å². The highest BCUT2D eigenvalue weighted by atomic mass is 16.5. The molecule has 2 heterocycles. The van der Waals surface area contributed by atoms with Crippen molar-refractivity contribution in [3.63, 3.8) is 0 Å². The highest BCUT2D eigenvalue weighted by Gasteiger charge is 2.49. The van der Waals surface area contributed by atoms with Gasteiger partial charge in [-0.05, 0) is 12.8 Å². The molecule has 3 amide bonds. The molecule has 8 heteroatoms. The van der Waals surface area contributed by atoms with Crippen LogP contribution in [0.1, 0.15) is 12.8 Å². The normalized spacial score (nSPS) is 25.5. The molecule has 2 aliphatic rings. The number of ether oxygens (including phenoxy) is 2. The van der Waals surface area contributed by atoms with Crippen LogP contribution >= 0.6 is 0 Å². The Hall–Kier alpha value is -1.67. The quantitative estimate of drug-likeness (QED) is 0.674. The molecule has 0 aliphatic carbocycles. The fourth-order valence-electron chi connectivity index (χ4n) is 3.13. The molecule has 1 unspecified atom stereocenters. The van der Waals surface area contributed by atoms with Crippen molar-refractivity contribution in [2.75, 3.05) is 53.6 Å². The number of amides is 3. The number of morpholine rings is 1. The van der Waals surface area contributed by atoms with E-state index in [0.29, 0.717) is 26.1 Å². The van der Waals surface area contributed by atoms with Gasteiger partial charge in [-0.2, -0.15) is 0 Å². The van der Waals surface area contributed by atoms with Crippen LogP contribution in [0.4, 0.5) is 0 Å². The third-order valence-electron chi connectivity index (χ3n) is 4.23. The number of likely N-dealkylation sites (N-methyl/N-ethyl adjacent to an activating group) is 1. The molecule has 0 aromatic rings. The maximum atomic E-state index is 12.6. The van der Waals surface area contributed by atoms with E-state index in [1.807, 2.05) is 0 Å². The largest absolute Gasteiger partial charge is 0.382 e. The van der Waals surface area contributed by atoms with Crippen LogP contribution in [-0.4, -0.2) is 86.7 Å². The first-order chi connectivity index (χ1) is 10.5. The molecule has 0 saturated carbocycles. The minimum absolute atomic E-state index is 0.00589. The maximum Gasteiger partial charge on any atom is 0.249 e. The summed E-state index contributed by atoms with van der Waals surface area (Å²) in [4.78, 5) is 39.7. The number of hydrogen-bond acceptors (Lipinski definition) is 5. The van der Waals surface area contributed by atoms with E-state index in [4.69, 9.17) is 9.47 Å². The summed E-state index contributed by atoms with van der Waals surface area (Å²) in [6.45, 7) is 1.45. The van der Waals surface area contributed by atoms with Gasteiger partial charge in [-0.1, -0.05) is 0 Å². The molecule has 0 bridgehead atoms. The van der Waals surface area contributed by atoms with E-state index >= 15 is 0 Å². The minimum atomic E-state index is -0.976. The molecule has 0 radical (unpaired) electrons. The van der Waals surface area contributed by atoms with Crippen LogP contribution < -0.4 is 5.32 Å². The van der Waals surface area contributed by atoms with Gasteiger partial charge in [0.2, 0.25) is 17.7 Å². The Morgan fingerprint density at radius 2 is 2.18 bits per heavy atom. The van der Waals surface area contributed by atoms with E-state index in [0.717, 1.165) is 6.42 Å². The molecule has 1 N–H and O–H groups in total. The topological polar surface area (TPSA) is 88.2 Å². The standard InChI is InChI=1S/C14H23N3O5/c1-15-13(20)14(10-21-2)4-3-5-17(14)11(18)8-16-6-7-22-9-12(16)19/h3-10H2,1-2H3,(H,15,20). The number of nitrogens with zero attached hydrogens (tertiary/aromatic N) is 2. The van der Waals surface area contributed by atoms with E-state index in [1.54, 1.807) is 11.9 Å². The molecule has 2 rings (SSSR count). The second kappa shape index (κ2) is 7.06. The summed E-state index contributed by atoms with van der Waals surface area (Å²) in [5.41, 5.74) is -0.976. The summed E-state index contributed by atoms with van der Waals surface area (Å²) in [5.74, 6) is -0.655. The third kappa shape index (κ3) is 3.07. The third-order valence-corrected chi connectivity index (χ3v) is 4.23. The maximum absolute atomic E-state index is 12.6. The number of hydrogen-bond donors (Lipinski definition) is 1. The van der Waals surface area contributed by atoms with Crippen LogP contribution in [0, 0.1) is 0 Å². The first-order valence-corrected chi connectivity index (χ1v) is 7.42. The van der Waals surface area contributed by atoms with Crippen molar-refractivity contribution >= 4 is 17.7 Å². The summed E-state index contributed by atoms with van der Waals surface area (Å²) >= 11 is 0. The Morgan fingerprint density at radius 3 is 2.82 bits per heavy atom. The first kappa shape index (κ1) is 16.7. The zero-order valence-electron chi connectivity index (χ0n) is 13.1. The monoisotopic (exact) mass is 313 g/mol. The minimum Gasteiger partial charge on any atom is -0.382 e. The molecule has 2 saturated heterocycles. The van der Waals surface area contributed by atoms with Crippen LogP contribution in [0.3, 0.4) is 0 Å². The summed E-state index contributed by atoms with van der Waals surface area (Å²) in [5, 5.41) is 2.62. The van der Waals surface area contributed by atoms with Crippen molar-refractivity contribution in [2.24, 2.45) is 0 Å². The number of carbonyl (C=O) groups excluding carboxylic acids is 3. The number of methoxy groups -OCH3 is 1. The van der Waals surface area contributed by atoms with Crippen molar-refractivity contribution < 1.29 is 23.9 Å². The summed E-state index contributed by atoms with van der Waals surface area (Å²) in [6, 6.07) is 0. The Labute approximate surface area is 129 Å². The highest BCUT2D eigenvalue weighted by molar-refractivity contribution is 5.94. The van der Waals surface area contributed by atoms with Crippen molar-refractivity contribution in [1.29, 1.82) is 0 Å². The number of carbonyl (C=O) groups is 3. The lowest BCUT2D eigenvalue weighted by Gasteiger charge is -2.37. The van der Waals surface area contributed by atoms with Crippen LogP contribution in [0.15, 0.2) is 0 Å². The van der Waals surface area contributed by atoms with Gasteiger partial charge in [0.1, 0.15) is 12.1 Å². The average molecular weight is 313 g/mol. The van der Waals surface area contributed by atoms with Crippen molar-refractivity contribution in [3.05, 3.63) is 0 Å². The molecule has 1 atom stereocenters. The highest BCUT2D eigenvalue weighted by Crippen LogP contribution is 2.30. The van der Waals surface area contributed by atoms with Gasteiger partial charge in [0.15, 0.2) is 0 Å². The summed E-state index contributed by atoms with van der Waals surface area (Å²) in [6.07, 6.45) is 1.29. The molecule has 8 nitrogen and oxygen atoms in total. The second-order valence-corrected chi connectivity index (χ2v) is 5.56. The van der Waals surface area contributed by atoms with Gasteiger partial charge in [0, 0.05) is 27.2 Å². The van der Waals surface area contributed by atoms with Gasteiger partial charge in [0.05, 0.1) is 19.8 Å². The summed E-state index contributed by atoms with van der Waals surface area (Å²) < 4.78 is 10.2. The molecule has 124 valence electrons. The molecular formula is C14H23N3O5. The molecular weight excluding hydrogens is 290 g/mol. The molecule has 2 fully saturated rings. The Bertz CT molecular complexity index is 456. The van der Waals surface area contributed by atoms with Gasteiger partial charge in [-0.3, -0.25) is 14.4 Å². The smallest absolute Gasteiger partial charge is 0.249 e. The predicted octanol–water partition coefficient (Wildman–Crippen LogP) is -1.40. The molecule has 0 spiro atoms. The van der Waals surface area contributed by atoms with Gasteiger partial charge in [-0.25, -0.2) is 0 Å². The molecule has 0 aromatic carbocycles. The lowest BCUT2D eigenvalue weighted by Crippen LogP contribution is -2.61. The second-order valence-electron chi connectivity index (χ2n) is 5.56. The Morgan fingerprint density at radius 1 is 1.41 bits per heavy atom. The van der Waals surface area contributed by atoms with Crippen molar-refractivity contribution in [1.82, 2.24) is 15.1 Å². The lowest BCUT2D eigenvalue weighted by molar-refractivity contribution is -0.154. The van der Waals surface area contributed by atoms with Gasteiger partial charge in [0.25, 0.3) is 0 Å². The molecule has 22 heavy (non-hydrogen) atoms. The molecule has 2 aliphatic heterocycles. The average Bonchev–Trinajstić information content (AvgIpc) is 2.94. The lowest BCUT2D eigenvalue weighted by atomic mass is 9.95.